The highest BCUT2D eigenvalue weighted by molar-refractivity contribution is 7.92. The minimum Gasteiger partial charge on any atom is -0.263 e. The van der Waals surface area contributed by atoms with E-state index in [4.69, 9.17) is 11.6 Å². The van der Waals surface area contributed by atoms with Gasteiger partial charge in [0.1, 0.15) is 5.82 Å². The number of aromatic nitrogens is 1. The van der Waals surface area contributed by atoms with Crippen LogP contribution in [0.4, 0.5) is 5.82 Å². The first-order valence-corrected chi connectivity index (χ1v) is 8.45. The first kappa shape index (κ1) is 15.8. The van der Waals surface area contributed by atoms with Gasteiger partial charge in [0.2, 0.25) is 0 Å². The van der Waals surface area contributed by atoms with E-state index < -0.39 is 10.0 Å². The summed E-state index contributed by atoms with van der Waals surface area (Å²) in [4.78, 5) is 4.47. The second kappa shape index (κ2) is 6.03. The number of nitrogens with one attached hydrogen (secondary N) is 1. The number of sulfonamides is 1. The lowest BCUT2D eigenvalue weighted by molar-refractivity contribution is 0.600. The molecule has 1 heterocycles. The smallest absolute Gasteiger partial charge is 0.263 e. The van der Waals surface area contributed by atoms with Crippen LogP contribution in [-0.4, -0.2) is 13.4 Å². The molecule has 4 nitrogen and oxygen atoms in total. The number of hydrogen-bond acceptors (Lipinski definition) is 3. The highest BCUT2D eigenvalue weighted by atomic mass is 35.5. The lowest BCUT2D eigenvalue weighted by atomic mass is 10.2. The van der Waals surface area contributed by atoms with Gasteiger partial charge in [-0.15, -0.1) is 0 Å². The van der Waals surface area contributed by atoms with Crippen molar-refractivity contribution in [2.24, 2.45) is 0 Å². The van der Waals surface area contributed by atoms with Gasteiger partial charge in [0.15, 0.2) is 0 Å². The van der Waals surface area contributed by atoms with Crippen LogP contribution in [0, 0.1) is 13.8 Å². The summed E-state index contributed by atoms with van der Waals surface area (Å²) in [7, 11) is -3.68. The molecule has 0 aliphatic rings. The van der Waals surface area contributed by atoms with Gasteiger partial charge in [0.25, 0.3) is 10.0 Å². The standard InChI is InChI=1S/C15H17ClN2O2S/c1-4-12-6-5-7-15(17-12)18-21(19,20)14-9-10(2)13(16)8-11(14)3/h5-9H,4H2,1-3H3,(H,17,18). The number of pyridine rings is 1. The second-order valence-corrected chi connectivity index (χ2v) is 6.90. The lowest BCUT2D eigenvalue weighted by Gasteiger charge is -2.12. The Hall–Kier alpha value is -1.59. The molecule has 0 saturated heterocycles. The molecule has 1 N–H and O–H groups in total. The number of hydrogen-bond donors (Lipinski definition) is 1. The minimum atomic E-state index is -3.68. The first-order valence-electron chi connectivity index (χ1n) is 6.59. The molecule has 2 aromatic rings. The van der Waals surface area contributed by atoms with E-state index >= 15 is 0 Å². The summed E-state index contributed by atoms with van der Waals surface area (Å²) in [5.41, 5.74) is 2.15. The van der Waals surface area contributed by atoms with Crippen LogP contribution >= 0.6 is 11.6 Å². The maximum Gasteiger partial charge on any atom is 0.263 e. The predicted molar refractivity (Wildman–Crippen MR) is 85.3 cm³/mol. The van der Waals surface area contributed by atoms with Gasteiger partial charge >= 0.3 is 0 Å². The van der Waals surface area contributed by atoms with E-state index in [9.17, 15) is 8.42 Å². The number of benzene rings is 1. The highest BCUT2D eigenvalue weighted by Gasteiger charge is 2.19. The van der Waals surface area contributed by atoms with Gasteiger partial charge in [-0.3, -0.25) is 4.72 Å². The van der Waals surface area contributed by atoms with Crippen LogP contribution in [-0.2, 0) is 16.4 Å². The third-order valence-electron chi connectivity index (χ3n) is 3.15. The van der Waals surface area contributed by atoms with E-state index in [0.717, 1.165) is 17.7 Å². The largest absolute Gasteiger partial charge is 0.263 e. The van der Waals surface area contributed by atoms with Crippen molar-refractivity contribution >= 4 is 27.4 Å². The maximum atomic E-state index is 12.5. The number of halogens is 1. The van der Waals surface area contributed by atoms with Gasteiger partial charge in [-0.05, 0) is 55.7 Å². The molecule has 0 unspecified atom stereocenters. The monoisotopic (exact) mass is 324 g/mol. The van der Waals surface area contributed by atoms with E-state index in [-0.39, 0.29) is 4.90 Å². The van der Waals surface area contributed by atoms with Gasteiger partial charge < -0.3 is 0 Å². The normalized spacial score (nSPS) is 11.4. The van der Waals surface area contributed by atoms with E-state index in [1.54, 1.807) is 38.1 Å². The summed E-state index contributed by atoms with van der Waals surface area (Å²) in [6.45, 7) is 5.46. The fraction of sp³-hybridized carbons (Fsp3) is 0.267. The van der Waals surface area contributed by atoms with E-state index in [1.165, 1.54) is 0 Å². The molecule has 0 fully saturated rings. The van der Waals surface area contributed by atoms with Crippen molar-refractivity contribution in [2.45, 2.75) is 32.1 Å². The van der Waals surface area contributed by atoms with Crippen molar-refractivity contribution in [2.75, 3.05) is 4.72 Å². The second-order valence-electron chi connectivity index (χ2n) is 4.84. The Balaban J connectivity index is 2.40. The molecule has 0 atom stereocenters. The maximum absolute atomic E-state index is 12.5. The van der Waals surface area contributed by atoms with Crippen LogP contribution in [0.3, 0.4) is 0 Å². The zero-order chi connectivity index (χ0) is 15.6. The van der Waals surface area contributed by atoms with Crippen LogP contribution < -0.4 is 4.72 Å². The van der Waals surface area contributed by atoms with Crippen LogP contribution in [0.25, 0.3) is 0 Å². The number of rotatable bonds is 4. The summed E-state index contributed by atoms with van der Waals surface area (Å²) in [5, 5.41) is 0.553. The molecule has 1 aromatic carbocycles. The summed E-state index contributed by atoms with van der Waals surface area (Å²) >= 11 is 6.01. The Morgan fingerprint density at radius 1 is 1.19 bits per heavy atom. The first-order chi connectivity index (χ1) is 9.83. The van der Waals surface area contributed by atoms with Crippen molar-refractivity contribution in [1.82, 2.24) is 4.98 Å². The average molecular weight is 325 g/mol. The number of anilines is 1. The van der Waals surface area contributed by atoms with Gasteiger partial charge in [-0.2, -0.15) is 0 Å². The fourth-order valence-electron chi connectivity index (χ4n) is 1.97. The molecule has 0 bridgehead atoms. The summed E-state index contributed by atoms with van der Waals surface area (Å²) in [5.74, 6) is 0.321. The molecule has 0 aliphatic carbocycles. The topological polar surface area (TPSA) is 59.1 Å². The van der Waals surface area contributed by atoms with E-state index in [2.05, 4.69) is 9.71 Å². The van der Waals surface area contributed by atoms with Crippen molar-refractivity contribution < 1.29 is 8.42 Å². The fourth-order valence-corrected chi connectivity index (χ4v) is 3.50. The molecule has 0 spiro atoms. The van der Waals surface area contributed by atoms with Crippen LogP contribution in [0.2, 0.25) is 5.02 Å². The molecule has 6 heteroatoms. The molecule has 21 heavy (non-hydrogen) atoms. The van der Waals surface area contributed by atoms with Crippen molar-refractivity contribution in [3.63, 3.8) is 0 Å². The quantitative estimate of drug-likeness (QED) is 0.932. The molecule has 1 aromatic heterocycles. The molecule has 0 aliphatic heterocycles. The third kappa shape index (κ3) is 3.54. The molecule has 112 valence electrons. The van der Waals surface area contributed by atoms with Gasteiger partial charge in [0, 0.05) is 10.7 Å². The van der Waals surface area contributed by atoms with E-state index in [0.29, 0.717) is 16.4 Å². The van der Waals surface area contributed by atoms with Gasteiger partial charge in [-0.25, -0.2) is 13.4 Å². The lowest BCUT2D eigenvalue weighted by Crippen LogP contribution is -2.15. The summed E-state index contributed by atoms with van der Waals surface area (Å²) in [6.07, 6.45) is 0.745. The van der Waals surface area contributed by atoms with Crippen LogP contribution in [0.15, 0.2) is 35.2 Å². The molecular weight excluding hydrogens is 308 g/mol. The Bertz CT molecular complexity index is 773. The number of nitrogens with zero attached hydrogens (tertiary/aromatic N) is 1. The molecule has 2 rings (SSSR count). The zero-order valence-electron chi connectivity index (χ0n) is 12.1. The number of aryl methyl sites for hydroxylation is 3. The predicted octanol–water partition coefficient (Wildman–Crippen LogP) is 3.72. The summed E-state index contributed by atoms with van der Waals surface area (Å²) in [6, 6.07) is 8.50. The SMILES string of the molecule is CCc1cccc(NS(=O)(=O)c2cc(C)c(Cl)cc2C)n1. The van der Waals surface area contributed by atoms with E-state index in [1.807, 2.05) is 13.0 Å². The minimum absolute atomic E-state index is 0.216. The molecular formula is C15H17ClN2O2S. The Kier molecular flexibility index (Phi) is 4.54. The van der Waals surface area contributed by atoms with Gasteiger partial charge in [-0.1, -0.05) is 24.6 Å². The van der Waals surface area contributed by atoms with Crippen molar-refractivity contribution in [3.8, 4) is 0 Å². The van der Waals surface area contributed by atoms with Crippen molar-refractivity contribution in [1.29, 1.82) is 0 Å². The third-order valence-corrected chi connectivity index (χ3v) is 5.06. The summed E-state index contributed by atoms with van der Waals surface area (Å²) < 4.78 is 27.5. The van der Waals surface area contributed by atoms with Gasteiger partial charge in [0.05, 0.1) is 4.90 Å². The molecule has 0 saturated carbocycles. The molecule has 0 amide bonds. The van der Waals surface area contributed by atoms with Crippen LogP contribution in [0.1, 0.15) is 23.7 Å². The zero-order valence-corrected chi connectivity index (χ0v) is 13.7. The van der Waals surface area contributed by atoms with Crippen LogP contribution in [0.5, 0.6) is 0 Å². The average Bonchev–Trinajstić information content (AvgIpc) is 2.42. The molecule has 0 radical (unpaired) electrons. The Labute approximate surface area is 130 Å². The Morgan fingerprint density at radius 3 is 2.57 bits per heavy atom. The van der Waals surface area contributed by atoms with Crippen molar-refractivity contribution in [3.05, 3.63) is 52.2 Å². The Morgan fingerprint density at radius 2 is 1.90 bits per heavy atom. The highest BCUT2D eigenvalue weighted by Crippen LogP contribution is 2.25.